The maximum Gasteiger partial charge on any atom is 0.337 e. The predicted octanol–water partition coefficient (Wildman–Crippen LogP) is 0.998. The molecule has 0 bridgehead atoms. The zero-order valence-corrected chi connectivity index (χ0v) is 8.00. The molecule has 3 amide bonds. The molecule has 0 saturated carbocycles. The molecule has 3 N–H and O–H groups in total. The van der Waals surface area contributed by atoms with Gasteiger partial charge in [-0.3, -0.25) is 10.2 Å². The zero-order valence-electron chi connectivity index (χ0n) is 8.00. The number of carbonyl (C=O) groups is 2. The highest BCUT2D eigenvalue weighted by Gasteiger charge is 2.01. The van der Waals surface area contributed by atoms with Gasteiger partial charge in [-0.25, -0.2) is 14.6 Å². The van der Waals surface area contributed by atoms with E-state index in [1.54, 1.807) is 0 Å². The molecule has 0 aliphatic rings. The molecule has 0 unspecified atom stereocenters. The van der Waals surface area contributed by atoms with Crippen LogP contribution in [-0.4, -0.2) is 11.9 Å². The minimum absolute atomic E-state index is 0.304. The lowest BCUT2D eigenvalue weighted by Crippen LogP contribution is -2.42. The Kier molecular flexibility index (Phi) is 3.61. The van der Waals surface area contributed by atoms with Crippen LogP contribution in [0.1, 0.15) is 6.92 Å². The third kappa shape index (κ3) is 4.08. The van der Waals surface area contributed by atoms with Gasteiger partial charge in [-0.1, -0.05) is 6.07 Å². The first-order valence-electron chi connectivity index (χ1n) is 4.17. The summed E-state index contributed by atoms with van der Waals surface area (Å²) in [5.41, 5.74) is 4.47. The smallest absolute Gasteiger partial charge is 0.306 e. The first-order chi connectivity index (χ1) is 7.08. The van der Waals surface area contributed by atoms with E-state index < -0.39 is 17.8 Å². The second-order valence-corrected chi connectivity index (χ2v) is 2.77. The Balaban J connectivity index is 2.48. The van der Waals surface area contributed by atoms with Crippen molar-refractivity contribution in [3.8, 4) is 0 Å². The van der Waals surface area contributed by atoms with Crippen molar-refractivity contribution < 1.29 is 14.0 Å². The summed E-state index contributed by atoms with van der Waals surface area (Å²) in [5.74, 6) is -0.850. The highest BCUT2D eigenvalue weighted by molar-refractivity contribution is 5.90. The number of rotatable bonds is 1. The van der Waals surface area contributed by atoms with Gasteiger partial charge < -0.3 is 5.32 Å². The lowest BCUT2D eigenvalue weighted by molar-refractivity contribution is -0.119. The molecule has 1 aromatic carbocycles. The molecule has 0 aliphatic heterocycles. The van der Waals surface area contributed by atoms with Gasteiger partial charge in [-0.2, -0.15) is 0 Å². The van der Waals surface area contributed by atoms with Gasteiger partial charge in [0.15, 0.2) is 0 Å². The van der Waals surface area contributed by atoms with Crippen molar-refractivity contribution in [3.05, 3.63) is 30.1 Å². The maximum atomic E-state index is 12.7. The van der Waals surface area contributed by atoms with Crippen LogP contribution in [0.3, 0.4) is 0 Å². The number of hydrogen-bond acceptors (Lipinski definition) is 2. The summed E-state index contributed by atoms with van der Waals surface area (Å²) < 4.78 is 12.7. The number of urea groups is 1. The van der Waals surface area contributed by atoms with Crippen molar-refractivity contribution >= 4 is 17.6 Å². The highest BCUT2D eigenvalue weighted by atomic mass is 19.1. The van der Waals surface area contributed by atoms with E-state index in [9.17, 15) is 14.0 Å². The van der Waals surface area contributed by atoms with E-state index in [0.717, 1.165) is 6.07 Å². The summed E-state index contributed by atoms with van der Waals surface area (Å²) in [6.45, 7) is 1.25. The van der Waals surface area contributed by atoms with Gasteiger partial charge >= 0.3 is 6.03 Å². The van der Waals surface area contributed by atoms with Crippen LogP contribution in [0.15, 0.2) is 24.3 Å². The molecule has 0 saturated heterocycles. The minimum atomic E-state index is -0.643. The lowest BCUT2D eigenvalue weighted by Gasteiger charge is -2.07. The van der Waals surface area contributed by atoms with Gasteiger partial charge in [0, 0.05) is 12.6 Å². The van der Waals surface area contributed by atoms with E-state index in [1.165, 1.54) is 25.1 Å². The van der Waals surface area contributed by atoms with E-state index >= 15 is 0 Å². The van der Waals surface area contributed by atoms with E-state index in [2.05, 4.69) is 16.2 Å². The highest BCUT2D eigenvalue weighted by Crippen LogP contribution is 2.08. The Morgan fingerprint density at radius 1 is 1.27 bits per heavy atom. The van der Waals surface area contributed by atoms with Gasteiger partial charge in [-0.05, 0) is 18.2 Å². The molecule has 5 nitrogen and oxygen atoms in total. The largest absolute Gasteiger partial charge is 0.337 e. The SMILES string of the molecule is CC(=O)NNC(=O)Nc1cccc(F)c1. The van der Waals surface area contributed by atoms with Crippen molar-refractivity contribution in [1.82, 2.24) is 10.9 Å². The van der Waals surface area contributed by atoms with Crippen LogP contribution in [-0.2, 0) is 4.79 Å². The Morgan fingerprint density at radius 3 is 2.60 bits per heavy atom. The molecule has 0 heterocycles. The minimum Gasteiger partial charge on any atom is -0.306 e. The number of amides is 3. The average Bonchev–Trinajstić information content (AvgIpc) is 2.15. The molecular weight excluding hydrogens is 201 g/mol. The predicted molar refractivity (Wildman–Crippen MR) is 52.4 cm³/mol. The molecule has 0 aromatic heterocycles. The molecule has 15 heavy (non-hydrogen) atoms. The normalized spacial score (nSPS) is 9.20. The molecular formula is C9H10FN3O2. The molecule has 0 atom stereocenters. The van der Waals surface area contributed by atoms with Crippen molar-refractivity contribution in [2.24, 2.45) is 0 Å². The second-order valence-electron chi connectivity index (χ2n) is 2.77. The number of anilines is 1. The first kappa shape index (κ1) is 11.0. The summed E-state index contributed by atoms with van der Waals surface area (Å²) in [6.07, 6.45) is 0. The number of hydrogen-bond donors (Lipinski definition) is 3. The molecule has 0 aliphatic carbocycles. The van der Waals surface area contributed by atoms with E-state index in [0.29, 0.717) is 5.69 Å². The Labute approximate surface area is 85.6 Å². The Bertz CT molecular complexity index is 381. The Morgan fingerprint density at radius 2 is 2.00 bits per heavy atom. The van der Waals surface area contributed by atoms with Crippen molar-refractivity contribution in [2.75, 3.05) is 5.32 Å². The first-order valence-corrected chi connectivity index (χ1v) is 4.17. The standard InChI is InChI=1S/C9H10FN3O2/c1-6(14)12-13-9(15)11-8-4-2-3-7(10)5-8/h2-5H,1H3,(H,12,14)(H2,11,13,15). The van der Waals surface area contributed by atoms with Gasteiger partial charge in [-0.15, -0.1) is 0 Å². The van der Waals surface area contributed by atoms with Crippen LogP contribution in [0.2, 0.25) is 0 Å². The number of nitrogens with one attached hydrogen (secondary N) is 3. The van der Waals surface area contributed by atoms with Crippen LogP contribution in [0.4, 0.5) is 14.9 Å². The number of carbonyl (C=O) groups excluding carboxylic acids is 2. The van der Waals surface area contributed by atoms with E-state index in [1.807, 2.05) is 0 Å². The van der Waals surface area contributed by atoms with Crippen LogP contribution < -0.4 is 16.2 Å². The summed E-state index contributed by atoms with van der Waals surface area (Å²) in [5, 5.41) is 2.33. The van der Waals surface area contributed by atoms with Gasteiger partial charge in [0.05, 0.1) is 0 Å². The van der Waals surface area contributed by atoms with Crippen molar-refractivity contribution in [1.29, 1.82) is 0 Å². The molecule has 80 valence electrons. The summed E-state index contributed by atoms with van der Waals surface area (Å²) in [4.78, 5) is 21.5. The fourth-order valence-electron chi connectivity index (χ4n) is 0.873. The fourth-order valence-corrected chi connectivity index (χ4v) is 0.873. The van der Waals surface area contributed by atoms with Crippen molar-refractivity contribution in [2.45, 2.75) is 6.92 Å². The number of benzene rings is 1. The third-order valence-corrected chi connectivity index (χ3v) is 1.43. The van der Waals surface area contributed by atoms with Crippen LogP contribution >= 0.6 is 0 Å². The topological polar surface area (TPSA) is 70.2 Å². The number of halogens is 1. The van der Waals surface area contributed by atoms with Crippen LogP contribution in [0.25, 0.3) is 0 Å². The van der Waals surface area contributed by atoms with Crippen molar-refractivity contribution in [3.63, 3.8) is 0 Å². The monoisotopic (exact) mass is 211 g/mol. The molecule has 6 heteroatoms. The summed E-state index contributed by atoms with van der Waals surface area (Å²) in [7, 11) is 0. The molecule has 1 rings (SSSR count). The second kappa shape index (κ2) is 4.94. The third-order valence-electron chi connectivity index (χ3n) is 1.43. The van der Waals surface area contributed by atoms with Gasteiger partial charge in [0.25, 0.3) is 0 Å². The number of hydrazine groups is 1. The zero-order chi connectivity index (χ0) is 11.3. The summed E-state index contributed by atoms with van der Waals surface area (Å²) in [6, 6.07) is 4.76. The average molecular weight is 211 g/mol. The van der Waals surface area contributed by atoms with E-state index in [4.69, 9.17) is 0 Å². The molecule has 0 spiro atoms. The lowest BCUT2D eigenvalue weighted by atomic mass is 10.3. The van der Waals surface area contributed by atoms with E-state index in [-0.39, 0.29) is 0 Å². The fraction of sp³-hybridized carbons (Fsp3) is 0.111. The molecule has 1 aromatic rings. The van der Waals surface area contributed by atoms with Gasteiger partial charge in [0.1, 0.15) is 5.82 Å². The maximum absolute atomic E-state index is 12.7. The van der Waals surface area contributed by atoms with Gasteiger partial charge in [0.2, 0.25) is 5.91 Å². The summed E-state index contributed by atoms with van der Waals surface area (Å²) >= 11 is 0. The quantitative estimate of drug-likeness (QED) is 0.606. The molecule has 0 fully saturated rings. The molecule has 0 radical (unpaired) electrons. The Hall–Kier alpha value is -2.11. The van der Waals surface area contributed by atoms with Crippen LogP contribution in [0, 0.1) is 5.82 Å². The van der Waals surface area contributed by atoms with Crippen LogP contribution in [0.5, 0.6) is 0 Å².